The number of nitrogens with one attached hydrogen (secondary N) is 2. The molecule has 28 heavy (non-hydrogen) atoms. The molecule has 0 aliphatic heterocycles. The molecule has 0 aliphatic carbocycles. The zero-order valence-electron chi connectivity index (χ0n) is 14.5. The molecule has 142 valence electrons. The number of hydrogen-bond donors (Lipinski definition) is 2. The number of carbonyl (C=O) groups excluding carboxylic acids is 2. The van der Waals surface area contributed by atoms with Crippen molar-refractivity contribution in [2.45, 2.75) is 0 Å². The Kier molecular flexibility index (Phi) is 5.97. The van der Waals surface area contributed by atoms with Crippen LogP contribution >= 0.6 is 11.3 Å². The van der Waals surface area contributed by atoms with Gasteiger partial charge in [-0.3, -0.25) is 30.6 Å². The summed E-state index contributed by atoms with van der Waals surface area (Å²) in [5.74, 6) is -0.678. The van der Waals surface area contributed by atoms with Crippen molar-refractivity contribution in [2.24, 2.45) is 0 Å². The summed E-state index contributed by atoms with van der Waals surface area (Å²) in [6, 6.07) is 19.4. The molecule has 1 aromatic heterocycles. The monoisotopic (exact) mass is 397 g/mol. The second-order valence-corrected chi connectivity index (χ2v) is 6.61. The van der Waals surface area contributed by atoms with E-state index in [2.05, 4.69) is 10.9 Å². The molecule has 8 nitrogen and oxygen atoms in total. The highest BCUT2D eigenvalue weighted by atomic mass is 32.1. The van der Waals surface area contributed by atoms with Gasteiger partial charge in [0.25, 0.3) is 11.8 Å². The van der Waals surface area contributed by atoms with Crippen LogP contribution in [0.5, 0.6) is 5.75 Å². The van der Waals surface area contributed by atoms with Gasteiger partial charge in [-0.15, -0.1) is 0 Å². The minimum Gasteiger partial charge on any atom is -0.483 e. The van der Waals surface area contributed by atoms with Gasteiger partial charge in [0.15, 0.2) is 6.61 Å². The van der Waals surface area contributed by atoms with Gasteiger partial charge >= 0.3 is 5.00 Å². The normalized spacial score (nSPS) is 10.1. The molecule has 0 unspecified atom stereocenters. The lowest BCUT2D eigenvalue weighted by molar-refractivity contribution is -0.380. The van der Waals surface area contributed by atoms with Crippen molar-refractivity contribution in [2.75, 3.05) is 6.61 Å². The Morgan fingerprint density at radius 3 is 2.39 bits per heavy atom. The highest BCUT2D eigenvalue weighted by Crippen LogP contribution is 2.29. The van der Waals surface area contributed by atoms with Gasteiger partial charge in [-0.05, 0) is 17.7 Å². The summed E-state index contributed by atoms with van der Waals surface area (Å²) < 4.78 is 5.58. The fourth-order valence-electron chi connectivity index (χ4n) is 2.36. The fourth-order valence-corrected chi connectivity index (χ4v) is 3.08. The van der Waals surface area contributed by atoms with Crippen LogP contribution in [0.4, 0.5) is 5.00 Å². The average molecular weight is 397 g/mol. The van der Waals surface area contributed by atoms with E-state index in [9.17, 15) is 19.7 Å². The zero-order valence-corrected chi connectivity index (χ0v) is 15.3. The van der Waals surface area contributed by atoms with Gasteiger partial charge in [0.05, 0.1) is 4.92 Å². The molecule has 0 bridgehead atoms. The van der Waals surface area contributed by atoms with Gasteiger partial charge in [-0.2, -0.15) is 0 Å². The summed E-state index contributed by atoms with van der Waals surface area (Å²) in [5.41, 5.74) is 6.21. The lowest BCUT2D eigenvalue weighted by Gasteiger charge is -2.12. The van der Waals surface area contributed by atoms with E-state index in [0.29, 0.717) is 17.1 Å². The molecule has 3 aromatic rings. The van der Waals surface area contributed by atoms with Crippen LogP contribution in [0.2, 0.25) is 0 Å². The number of ether oxygens (including phenoxy) is 1. The van der Waals surface area contributed by atoms with Gasteiger partial charge in [0, 0.05) is 11.6 Å². The third kappa shape index (κ3) is 4.71. The number of hydrazine groups is 1. The molecule has 9 heteroatoms. The maximum atomic E-state index is 12.0. The van der Waals surface area contributed by atoms with Crippen molar-refractivity contribution < 1.29 is 19.2 Å². The van der Waals surface area contributed by atoms with E-state index < -0.39 is 16.7 Å². The minimum atomic E-state index is -0.642. The molecule has 3 rings (SSSR count). The molecule has 0 atom stereocenters. The van der Waals surface area contributed by atoms with Crippen LogP contribution in [0.3, 0.4) is 0 Å². The third-order valence-corrected chi connectivity index (χ3v) is 4.68. The van der Waals surface area contributed by atoms with Crippen molar-refractivity contribution in [3.63, 3.8) is 0 Å². The Labute approximate surface area is 163 Å². The smallest absolute Gasteiger partial charge is 0.324 e. The standard InChI is InChI=1S/C19H15N3O5S/c23-17(20-21-19(24)16-10-11-18(28-16)22(25)26)12-27-15-9-5-4-8-14(15)13-6-2-1-3-7-13/h1-11H,12H2,(H,20,23)(H,21,24). The third-order valence-electron chi connectivity index (χ3n) is 3.64. The van der Waals surface area contributed by atoms with Crippen molar-refractivity contribution in [1.29, 1.82) is 0 Å². The first-order valence-corrected chi connectivity index (χ1v) is 8.97. The van der Waals surface area contributed by atoms with Crippen LogP contribution in [0.25, 0.3) is 11.1 Å². The summed E-state index contributed by atoms with van der Waals surface area (Å²) >= 11 is 0.717. The second-order valence-electron chi connectivity index (χ2n) is 5.55. The zero-order chi connectivity index (χ0) is 19.9. The molecular weight excluding hydrogens is 382 g/mol. The largest absolute Gasteiger partial charge is 0.483 e. The molecular formula is C19H15N3O5S. The molecule has 0 saturated carbocycles. The lowest BCUT2D eigenvalue weighted by atomic mass is 10.1. The Morgan fingerprint density at radius 2 is 1.68 bits per heavy atom. The molecule has 0 aliphatic rings. The Balaban J connectivity index is 1.55. The molecule has 0 radical (unpaired) electrons. The number of nitro groups is 1. The predicted octanol–water partition coefficient (Wildman–Crippen LogP) is 3.16. The summed E-state index contributed by atoms with van der Waals surface area (Å²) in [4.78, 5) is 34.1. The highest BCUT2D eigenvalue weighted by Gasteiger charge is 2.16. The number of rotatable bonds is 6. The summed E-state index contributed by atoms with van der Waals surface area (Å²) in [5, 5.41) is 10.5. The van der Waals surface area contributed by atoms with Crippen LogP contribution in [-0.4, -0.2) is 23.3 Å². The number of carbonyl (C=O) groups is 2. The maximum absolute atomic E-state index is 12.0. The van der Waals surface area contributed by atoms with E-state index in [4.69, 9.17) is 4.74 Å². The van der Waals surface area contributed by atoms with Crippen molar-refractivity contribution in [3.05, 3.63) is 81.7 Å². The quantitative estimate of drug-likeness (QED) is 0.490. The number of benzene rings is 2. The molecule has 0 saturated heterocycles. The van der Waals surface area contributed by atoms with Crippen molar-refractivity contribution in [3.8, 4) is 16.9 Å². The number of nitrogens with zero attached hydrogens (tertiary/aromatic N) is 1. The Morgan fingerprint density at radius 1 is 0.964 bits per heavy atom. The van der Waals surface area contributed by atoms with E-state index in [1.54, 1.807) is 12.1 Å². The van der Waals surface area contributed by atoms with Gasteiger partial charge in [0.1, 0.15) is 10.6 Å². The summed E-state index contributed by atoms with van der Waals surface area (Å²) in [6.07, 6.45) is 0. The molecule has 1 heterocycles. The van der Waals surface area contributed by atoms with Crippen LogP contribution in [0.1, 0.15) is 9.67 Å². The van der Waals surface area contributed by atoms with E-state index in [0.717, 1.165) is 11.1 Å². The van der Waals surface area contributed by atoms with Gasteiger partial charge < -0.3 is 4.74 Å². The number of thiophene rings is 1. The van der Waals surface area contributed by atoms with Gasteiger partial charge in [0.2, 0.25) is 0 Å². The van der Waals surface area contributed by atoms with Gasteiger partial charge in [-0.1, -0.05) is 59.9 Å². The number of amides is 2. The molecule has 2 N–H and O–H groups in total. The summed E-state index contributed by atoms with van der Waals surface area (Å²) in [7, 11) is 0. The summed E-state index contributed by atoms with van der Waals surface area (Å²) in [6.45, 7) is -0.311. The van der Waals surface area contributed by atoms with E-state index in [-0.39, 0.29) is 16.5 Å². The van der Waals surface area contributed by atoms with Crippen molar-refractivity contribution in [1.82, 2.24) is 10.9 Å². The molecule has 0 fully saturated rings. The first-order chi connectivity index (χ1) is 13.5. The van der Waals surface area contributed by atoms with Gasteiger partial charge in [-0.25, -0.2) is 0 Å². The predicted molar refractivity (Wildman–Crippen MR) is 104 cm³/mol. The second kappa shape index (κ2) is 8.78. The van der Waals surface area contributed by atoms with E-state index >= 15 is 0 Å². The van der Waals surface area contributed by atoms with Crippen LogP contribution in [0, 0.1) is 10.1 Å². The number of hydrogen-bond acceptors (Lipinski definition) is 6. The lowest BCUT2D eigenvalue weighted by Crippen LogP contribution is -2.43. The Bertz CT molecular complexity index is 1000. The van der Waals surface area contributed by atoms with Crippen LogP contribution in [0.15, 0.2) is 66.7 Å². The molecule has 2 amide bonds. The molecule has 0 spiro atoms. The fraction of sp³-hybridized carbons (Fsp3) is 0.0526. The first kappa shape index (κ1) is 19.1. The molecule has 2 aromatic carbocycles. The van der Waals surface area contributed by atoms with Crippen LogP contribution < -0.4 is 15.6 Å². The van der Waals surface area contributed by atoms with E-state index in [1.165, 1.54) is 12.1 Å². The van der Waals surface area contributed by atoms with E-state index in [1.807, 2.05) is 42.5 Å². The van der Waals surface area contributed by atoms with Crippen LogP contribution in [-0.2, 0) is 4.79 Å². The highest BCUT2D eigenvalue weighted by molar-refractivity contribution is 7.17. The minimum absolute atomic E-state index is 0.113. The number of para-hydroxylation sites is 1. The topological polar surface area (TPSA) is 111 Å². The van der Waals surface area contributed by atoms with Crippen molar-refractivity contribution >= 4 is 28.2 Å². The first-order valence-electron chi connectivity index (χ1n) is 8.15. The SMILES string of the molecule is O=C(COc1ccccc1-c1ccccc1)NNC(=O)c1ccc([N+](=O)[O-])s1. The Hall–Kier alpha value is -3.72. The maximum Gasteiger partial charge on any atom is 0.324 e. The average Bonchev–Trinajstić information content (AvgIpc) is 3.22.